The van der Waals surface area contributed by atoms with Crippen LogP contribution in [0.1, 0.15) is 40.3 Å². The summed E-state index contributed by atoms with van der Waals surface area (Å²) in [5, 5.41) is 19.6. The fraction of sp³-hybridized carbons (Fsp3) is 0.625. The van der Waals surface area contributed by atoms with E-state index >= 15 is 0 Å². The van der Waals surface area contributed by atoms with Gasteiger partial charge in [0.05, 0.1) is 11.4 Å². The van der Waals surface area contributed by atoms with E-state index in [9.17, 15) is 4.79 Å². The molecule has 2 aromatic rings. The summed E-state index contributed by atoms with van der Waals surface area (Å²) in [6.07, 6.45) is 0. The van der Waals surface area contributed by atoms with E-state index < -0.39 is 0 Å². The molecule has 2 N–H and O–H groups in total. The summed E-state index contributed by atoms with van der Waals surface area (Å²) in [4.78, 5) is 12.2. The second-order valence-electron chi connectivity index (χ2n) is 7.27. The number of carbonyl (C=O) groups is 1. The molecule has 25 heavy (non-hydrogen) atoms. The van der Waals surface area contributed by atoms with Gasteiger partial charge in [-0.2, -0.15) is 5.10 Å². The molecule has 0 aromatic carbocycles. The molecule has 1 amide bonds. The second-order valence-corrected chi connectivity index (χ2v) is 9.47. The van der Waals surface area contributed by atoms with Crippen molar-refractivity contribution < 1.29 is 4.79 Å². The number of amides is 1. The molecule has 9 heteroatoms. The number of hydrogen-bond donors (Lipinski definition) is 2. The van der Waals surface area contributed by atoms with Gasteiger partial charge in [-0.3, -0.25) is 9.48 Å². The van der Waals surface area contributed by atoms with Gasteiger partial charge in [0.2, 0.25) is 11.0 Å². The van der Waals surface area contributed by atoms with Crippen LogP contribution in [0, 0.1) is 5.92 Å². The number of nitrogens with one attached hydrogen (secondary N) is 2. The fourth-order valence-electron chi connectivity index (χ4n) is 1.89. The van der Waals surface area contributed by atoms with E-state index in [1.165, 1.54) is 23.1 Å². The van der Waals surface area contributed by atoms with E-state index in [2.05, 4.69) is 60.5 Å². The highest BCUT2D eigenvalue weighted by Gasteiger charge is 2.19. The minimum Gasteiger partial charge on any atom is -0.360 e. The molecule has 0 saturated heterocycles. The molecule has 0 bridgehead atoms. The van der Waals surface area contributed by atoms with Crippen molar-refractivity contribution in [1.82, 2.24) is 20.0 Å². The van der Waals surface area contributed by atoms with E-state index in [0.29, 0.717) is 11.7 Å². The Morgan fingerprint density at radius 3 is 2.68 bits per heavy atom. The van der Waals surface area contributed by atoms with Crippen LogP contribution < -0.4 is 10.6 Å². The van der Waals surface area contributed by atoms with Gasteiger partial charge in [-0.1, -0.05) is 57.7 Å². The average molecular weight is 383 g/mol. The van der Waals surface area contributed by atoms with E-state index in [1.807, 2.05) is 13.1 Å². The number of thioether (sulfide) groups is 1. The van der Waals surface area contributed by atoms with E-state index in [4.69, 9.17) is 0 Å². The third-order valence-corrected chi connectivity index (χ3v) is 5.32. The lowest BCUT2D eigenvalue weighted by Gasteiger charge is -2.13. The predicted molar refractivity (Wildman–Crippen MR) is 104 cm³/mol. The summed E-state index contributed by atoms with van der Waals surface area (Å²) in [6.45, 7) is 11.4. The van der Waals surface area contributed by atoms with Crippen LogP contribution in [0.2, 0.25) is 0 Å². The van der Waals surface area contributed by atoms with Crippen LogP contribution >= 0.6 is 23.1 Å². The molecule has 0 aliphatic rings. The third-order valence-electron chi connectivity index (χ3n) is 3.31. The average Bonchev–Trinajstić information content (AvgIpc) is 3.10. The number of aryl methyl sites for hydroxylation is 1. The zero-order valence-electron chi connectivity index (χ0n) is 15.6. The molecule has 2 rings (SSSR count). The zero-order valence-corrected chi connectivity index (χ0v) is 17.2. The maximum Gasteiger partial charge on any atom is 0.235 e. The Kier molecular flexibility index (Phi) is 6.45. The quantitative estimate of drug-likeness (QED) is 0.714. The van der Waals surface area contributed by atoms with Crippen LogP contribution in [0.4, 0.5) is 10.9 Å². The molecule has 0 unspecified atom stereocenters. The zero-order chi connectivity index (χ0) is 18.6. The smallest absolute Gasteiger partial charge is 0.235 e. The van der Waals surface area contributed by atoms with Crippen molar-refractivity contribution in [2.45, 2.75) is 44.4 Å². The first kappa shape index (κ1) is 19.7. The fourth-order valence-corrected chi connectivity index (χ4v) is 3.45. The lowest BCUT2D eigenvalue weighted by molar-refractivity contribution is -0.113. The molecular weight excluding hydrogens is 356 g/mol. The topological polar surface area (TPSA) is 84.7 Å². The third kappa shape index (κ3) is 6.00. The molecule has 0 radical (unpaired) electrons. The normalized spacial score (nSPS) is 11.8. The Labute approximate surface area is 157 Å². The van der Waals surface area contributed by atoms with Crippen molar-refractivity contribution in [3.8, 4) is 0 Å². The van der Waals surface area contributed by atoms with Crippen LogP contribution in [0.5, 0.6) is 0 Å². The second kappa shape index (κ2) is 8.18. The van der Waals surface area contributed by atoms with Gasteiger partial charge in [0.25, 0.3) is 0 Å². The summed E-state index contributed by atoms with van der Waals surface area (Å²) in [5.74, 6) is 1.45. The summed E-state index contributed by atoms with van der Waals surface area (Å²) < 4.78 is 2.48. The Bertz CT molecular complexity index is 717. The summed E-state index contributed by atoms with van der Waals surface area (Å²) >= 11 is 2.85. The Morgan fingerprint density at radius 1 is 1.36 bits per heavy atom. The first-order valence-electron chi connectivity index (χ1n) is 8.19. The maximum absolute atomic E-state index is 12.2. The van der Waals surface area contributed by atoms with E-state index in [1.54, 1.807) is 4.68 Å². The molecule has 2 aromatic heterocycles. The largest absolute Gasteiger partial charge is 0.360 e. The standard InChI is InChI=1S/C16H26N6OS2/c1-10(2)8-17-14-19-20-15(25-14)24-9-13(23)18-12-7-11(16(3,4)5)21-22(12)6/h7,10H,8-9H2,1-6H3,(H,17,19)(H,18,23). The van der Waals surface area contributed by atoms with Gasteiger partial charge in [0.15, 0.2) is 4.34 Å². The number of nitrogens with zero attached hydrogens (tertiary/aromatic N) is 4. The van der Waals surface area contributed by atoms with Gasteiger partial charge < -0.3 is 10.6 Å². The molecule has 0 fully saturated rings. The van der Waals surface area contributed by atoms with Crippen LogP contribution in [0.3, 0.4) is 0 Å². The molecule has 0 atom stereocenters. The summed E-state index contributed by atoms with van der Waals surface area (Å²) in [5.41, 5.74) is 0.893. The first-order chi connectivity index (χ1) is 11.6. The maximum atomic E-state index is 12.2. The van der Waals surface area contributed by atoms with Gasteiger partial charge in [-0.05, 0) is 5.92 Å². The van der Waals surface area contributed by atoms with Gasteiger partial charge in [-0.25, -0.2) is 0 Å². The molecular formula is C16H26N6OS2. The van der Waals surface area contributed by atoms with E-state index in [-0.39, 0.29) is 17.1 Å². The predicted octanol–water partition coefficient (Wildman–Crippen LogP) is 3.37. The molecule has 7 nitrogen and oxygen atoms in total. The van der Waals surface area contributed by atoms with Gasteiger partial charge >= 0.3 is 0 Å². The van der Waals surface area contributed by atoms with Gasteiger partial charge in [0.1, 0.15) is 5.82 Å². The SMILES string of the molecule is CC(C)CNc1nnc(SCC(=O)Nc2cc(C(C)(C)C)nn2C)s1. The lowest BCUT2D eigenvalue weighted by Crippen LogP contribution is -2.16. The molecule has 0 saturated carbocycles. The number of rotatable bonds is 7. The first-order valence-corrected chi connectivity index (χ1v) is 10.00. The minimum absolute atomic E-state index is 0.0541. The van der Waals surface area contributed by atoms with Gasteiger partial charge in [0, 0.05) is 25.1 Å². The molecule has 0 spiro atoms. The molecule has 0 aliphatic heterocycles. The van der Waals surface area contributed by atoms with Crippen molar-refractivity contribution in [2.75, 3.05) is 22.9 Å². The number of carbonyl (C=O) groups excluding carboxylic acids is 1. The summed E-state index contributed by atoms with van der Waals surface area (Å²) in [7, 11) is 1.83. The highest BCUT2D eigenvalue weighted by molar-refractivity contribution is 8.01. The lowest BCUT2D eigenvalue weighted by atomic mass is 9.92. The number of aromatic nitrogens is 4. The van der Waals surface area contributed by atoms with Crippen molar-refractivity contribution in [3.05, 3.63) is 11.8 Å². The van der Waals surface area contributed by atoms with Crippen LogP contribution in [0.15, 0.2) is 10.4 Å². The van der Waals surface area contributed by atoms with E-state index in [0.717, 1.165) is 21.7 Å². The van der Waals surface area contributed by atoms with Crippen molar-refractivity contribution in [1.29, 1.82) is 0 Å². The van der Waals surface area contributed by atoms with Crippen LogP contribution in [0.25, 0.3) is 0 Å². The van der Waals surface area contributed by atoms with Crippen molar-refractivity contribution >= 4 is 40.0 Å². The number of anilines is 2. The van der Waals surface area contributed by atoms with Gasteiger partial charge in [-0.15, -0.1) is 10.2 Å². The minimum atomic E-state index is -0.0830. The Morgan fingerprint density at radius 2 is 2.08 bits per heavy atom. The highest BCUT2D eigenvalue weighted by atomic mass is 32.2. The molecule has 138 valence electrons. The number of hydrogen-bond acceptors (Lipinski definition) is 7. The summed E-state index contributed by atoms with van der Waals surface area (Å²) in [6, 6.07) is 1.92. The van der Waals surface area contributed by atoms with Crippen molar-refractivity contribution in [2.24, 2.45) is 13.0 Å². The Hall–Kier alpha value is -1.61. The Balaban J connectivity index is 1.86. The molecule has 0 aliphatic carbocycles. The molecule has 2 heterocycles. The van der Waals surface area contributed by atoms with Crippen LogP contribution in [-0.2, 0) is 17.3 Å². The van der Waals surface area contributed by atoms with Crippen LogP contribution in [-0.4, -0.2) is 38.2 Å². The van der Waals surface area contributed by atoms with Crippen molar-refractivity contribution in [3.63, 3.8) is 0 Å². The monoisotopic (exact) mass is 382 g/mol. The highest BCUT2D eigenvalue weighted by Crippen LogP contribution is 2.26.